The summed E-state index contributed by atoms with van der Waals surface area (Å²) in [6.45, 7) is -0.164. The summed E-state index contributed by atoms with van der Waals surface area (Å²) in [5, 5.41) is 18.2. The van der Waals surface area contributed by atoms with E-state index >= 15 is 0 Å². The summed E-state index contributed by atoms with van der Waals surface area (Å²) in [6, 6.07) is 3.44. The molecule has 2 rings (SSSR count). The second-order valence-electron chi connectivity index (χ2n) is 4.58. The van der Waals surface area contributed by atoms with Gasteiger partial charge in [-0.3, -0.25) is 9.59 Å². The molecule has 0 spiro atoms. The smallest absolute Gasteiger partial charge is 0.331 e. The highest BCUT2D eigenvalue weighted by molar-refractivity contribution is 5.90. The molecular formula is C13H12FNO5. The third-order valence-corrected chi connectivity index (χ3v) is 3.24. The van der Waals surface area contributed by atoms with Gasteiger partial charge >= 0.3 is 11.9 Å². The standard InChI is InChI=1S/C13H12FNO5/c14-9-3-1-7(2-4-9)11(13(19)20)15-6-8(12(17)18)5-10(15)16/h1-4,8,11H,5-6H2,(H,17,18)(H,19,20). The van der Waals surface area contributed by atoms with E-state index in [0.717, 1.165) is 17.0 Å². The van der Waals surface area contributed by atoms with Crippen molar-refractivity contribution in [3.8, 4) is 0 Å². The number of aliphatic carboxylic acids is 2. The fourth-order valence-electron chi connectivity index (χ4n) is 2.25. The van der Waals surface area contributed by atoms with Gasteiger partial charge < -0.3 is 15.1 Å². The first-order chi connectivity index (χ1) is 9.40. The minimum absolute atomic E-state index is 0.164. The highest BCUT2D eigenvalue weighted by Crippen LogP contribution is 2.29. The molecule has 0 bridgehead atoms. The summed E-state index contributed by atoms with van der Waals surface area (Å²) >= 11 is 0. The van der Waals surface area contributed by atoms with Crippen LogP contribution in [-0.4, -0.2) is 39.5 Å². The van der Waals surface area contributed by atoms with E-state index in [4.69, 9.17) is 5.11 Å². The van der Waals surface area contributed by atoms with Crippen molar-refractivity contribution in [2.45, 2.75) is 12.5 Å². The van der Waals surface area contributed by atoms with Crippen LogP contribution in [0.4, 0.5) is 4.39 Å². The van der Waals surface area contributed by atoms with E-state index in [2.05, 4.69) is 0 Å². The quantitative estimate of drug-likeness (QED) is 0.854. The number of halogens is 1. The molecule has 0 aromatic heterocycles. The number of likely N-dealkylation sites (tertiary alicyclic amines) is 1. The summed E-state index contributed by atoms with van der Waals surface area (Å²) in [5.41, 5.74) is 0.235. The van der Waals surface area contributed by atoms with E-state index in [1.165, 1.54) is 12.1 Å². The number of hydrogen-bond acceptors (Lipinski definition) is 3. The summed E-state index contributed by atoms with van der Waals surface area (Å²) in [6.07, 6.45) is -0.222. The Morgan fingerprint density at radius 3 is 2.30 bits per heavy atom. The highest BCUT2D eigenvalue weighted by atomic mass is 19.1. The normalized spacial score (nSPS) is 19.9. The van der Waals surface area contributed by atoms with Crippen LogP contribution in [0.3, 0.4) is 0 Å². The maximum absolute atomic E-state index is 12.9. The third kappa shape index (κ3) is 2.61. The molecule has 1 aliphatic rings. The molecule has 1 heterocycles. The first kappa shape index (κ1) is 14.0. The molecule has 1 aromatic carbocycles. The number of carbonyl (C=O) groups is 3. The molecule has 0 radical (unpaired) electrons. The van der Waals surface area contributed by atoms with Crippen LogP contribution in [0.1, 0.15) is 18.0 Å². The first-order valence-electron chi connectivity index (χ1n) is 5.90. The fourth-order valence-corrected chi connectivity index (χ4v) is 2.25. The maximum Gasteiger partial charge on any atom is 0.331 e. The Labute approximate surface area is 113 Å². The molecule has 106 valence electrons. The van der Waals surface area contributed by atoms with E-state index < -0.39 is 35.6 Å². The van der Waals surface area contributed by atoms with E-state index in [-0.39, 0.29) is 18.5 Å². The molecule has 1 fully saturated rings. The highest BCUT2D eigenvalue weighted by Gasteiger charge is 2.41. The van der Waals surface area contributed by atoms with Crippen molar-refractivity contribution in [2.24, 2.45) is 5.92 Å². The summed E-state index contributed by atoms with van der Waals surface area (Å²) < 4.78 is 12.9. The van der Waals surface area contributed by atoms with Crippen LogP contribution in [0.2, 0.25) is 0 Å². The third-order valence-electron chi connectivity index (χ3n) is 3.24. The molecule has 2 atom stereocenters. The van der Waals surface area contributed by atoms with E-state index in [0.29, 0.717) is 0 Å². The topological polar surface area (TPSA) is 94.9 Å². The molecular weight excluding hydrogens is 269 g/mol. The van der Waals surface area contributed by atoms with Crippen molar-refractivity contribution in [2.75, 3.05) is 6.54 Å². The van der Waals surface area contributed by atoms with Gasteiger partial charge in [0.2, 0.25) is 5.91 Å². The number of rotatable bonds is 4. The number of carboxylic acid groups (broad SMARTS) is 2. The van der Waals surface area contributed by atoms with Gasteiger partial charge in [-0.05, 0) is 17.7 Å². The van der Waals surface area contributed by atoms with Gasteiger partial charge in [-0.15, -0.1) is 0 Å². The van der Waals surface area contributed by atoms with E-state index in [1.54, 1.807) is 0 Å². The van der Waals surface area contributed by atoms with Gasteiger partial charge in [0.1, 0.15) is 5.82 Å². The molecule has 0 aliphatic carbocycles. The van der Waals surface area contributed by atoms with Gasteiger partial charge in [0.25, 0.3) is 0 Å². The molecule has 6 nitrogen and oxygen atoms in total. The summed E-state index contributed by atoms with van der Waals surface area (Å²) in [4.78, 5) is 35.1. The molecule has 0 saturated carbocycles. The van der Waals surface area contributed by atoms with Crippen LogP contribution in [0.25, 0.3) is 0 Å². The minimum Gasteiger partial charge on any atom is -0.481 e. The SMILES string of the molecule is O=C(O)C1CC(=O)N(C(C(=O)O)c2ccc(F)cc2)C1. The van der Waals surface area contributed by atoms with Crippen molar-refractivity contribution < 1.29 is 29.0 Å². The van der Waals surface area contributed by atoms with Crippen LogP contribution in [0.15, 0.2) is 24.3 Å². The lowest BCUT2D eigenvalue weighted by Crippen LogP contribution is -2.35. The second-order valence-corrected chi connectivity index (χ2v) is 4.58. The van der Waals surface area contributed by atoms with Gasteiger partial charge in [-0.1, -0.05) is 12.1 Å². The molecule has 1 saturated heterocycles. The number of carbonyl (C=O) groups excluding carboxylic acids is 1. The summed E-state index contributed by atoms with van der Waals surface area (Å²) in [7, 11) is 0. The Balaban J connectivity index is 2.30. The van der Waals surface area contributed by atoms with Gasteiger partial charge in [-0.2, -0.15) is 0 Å². The van der Waals surface area contributed by atoms with Gasteiger partial charge in [-0.25, -0.2) is 9.18 Å². The predicted octanol–water partition coefficient (Wildman–Crippen LogP) is 0.884. The zero-order valence-electron chi connectivity index (χ0n) is 10.3. The van der Waals surface area contributed by atoms with Crippen LogP contribution in [0.5, 0.6) is 0 Å². The monoisotopic (exact) mass is 281 g/mol. The molecule has 1 aromatic rings. The van der Waals surface area contributed by atoms with Crippen molar-refractivity contribution >= 4 is 17.8 Å². The zero-order chi connectivity index (χ0) is 14.9. The van der Waals surface area contributed by atoms with Crippen molar-refractivity contribution in [1.82, 2.24) is 4.90 Å². The van der Waals surface area contributed by atoms with Crippen LogP contribution in [0, 0.1) is 11.7 Å². The lowest BCUT2D eigenvalue weighted by molar-refractivity contribution is -0.149. The average molecular weight is 281 g/mol. The van der Waals surface area contributed by atoms with Crippen LogP contribution >= 0.6 is 0 Å². The van der Waals surface area contributed by atoms with Crippen molar-refractivity contribution in [3.05, 3.63) is 35.6 Å². The first-order valence-corrected chi connectivity index (χ1v) is 5.90. The molecule has 2 N–H and O–H groups in total. The van der Waals surface area contributed by atoms with Crippen molar-refractivity contribution in [1.29, 1.82) is 0 Å². The van der Waals surface area contributed by atoms with Gasteiger partial charge in [0, 0.05) is 13.0 Å². The molecule has 1 aliphatic heterocycles. The Hall–Kier alpha value is -2.44. The predicted molar refractivity (Wildman–Crippen MR) is 64.2 cm³/mol. The number of carboxylic acids is 2. The maximum atomic E-state index is 12.9. The van der Waals surface area contributed by atoms with Gasteiger partial charge in [0.05, 0.1) is 5.92 Å². The van der Waals surface area contributed by atoms with Crippen molar-refractivity contribution in [3.63, 3.8) is 0 Å². The fraction of sp³-hybridized carbons (Fsp3) is 0.308. The summed E-state index contributed by atoms with van der Waals surface area (Å²) in [5.74, 6) is -4.38. The molecule has 1 amide bonds. The largest absolute Gasteiger partial charge is 0.481 e. The van der Waals surface area contributed by atoms with Gasteiger partial charge in [0.15, 0.2) is 6.04 Å². The Kier molecular flexibility index (Phi) is 3.69. The zero-order valence-corrected chi connectivity index (χ0v) is 10.3. The number of amides is 1. The van der Waals surface area contributed by atoms with E-state index in [1.807, 2.05) is 0 Å². The Bertz CT molecular complexity index is 556. The second kappa shape index (κ2) is 5.28. The molecule has 7 heteroatoms. The van der Waals surface area contributed by atoms with Crippen LogP contribution in [-0.2, 0) is 14.4 Å². The number of nitrogens with zero attached hydrogens (tertiary/aromatic N) is 1. The molecule has 20 heavy (non-hydrogen) atoms. The van der Waals surface area contributed by atoms with E-state index in [9.17, 15) is 23.9 Å². The number of hydrogen-bond donors (Lipinski definition) is 2. The number of benzene rings is 1. The Morgan fingerprint density at radius 1 is 1.25 bits per heavy atom. The molecule has 2 unspecified atom stereocenters. The average Bonchev–Trinajstić information content (AvgIpc) is 2.74. The lowest BCUT2D eigenvalue weighted by atomic mass is 10.1. The minimum atomic E-state index is -1.30. The van der Waals surface area contributed by atoms with Crippen LogP contribution < -0.4 is 0 Å². The Morgan fingerprint density at radius 2 is 1.85 bits per heavy atom. The lowest BCUT2D eigenvalue weighted by Gasteiger charge is -2.24.